The predicted molar refractivity (Wildman–Crippen MR) is 81.2 cm³/mol. The fraction of sp³-hybridized carbons (Fsp3) is 0.625. The Bertz CT molecular complexity index is 450. The van der Waals surface area contributed by atoms with Gasteiger partial charge in [-0.15, -0.1) is 0 Å². The lowest BCUT2D eigenvalue weighted by Gasteiger charge is -2.36. The third-order valence-corrected chi connectivity index (χ3v) is 5.67. The molecule has 2 aliphatic carbocycles. The first-order valence-electron chi connectivity index (χ1n) is 7.30. The lowest BCUT2D eigenvalue weighted by Crippen LogP contribution is -2.37. The quantitative estimate of drug-likeness (QED) is 0.889. The summed E-state index contributed by atoms with van der Waals surface area (Å²) in [5.41, 5.74) is 6.47. The van der Waals surface area contributed by atoms with E-state index in [2.05, 4.69) is 15.9 Å². The van der Waals surface area contributed by atoms with Crippen LogP contribution in [0.2, 0.25) is 0 Å². The van der Waals surface area contributed by atoms with Gasteiger partial charge in [-0.3, -0.25) is 0 Å². The molecule has 2 nitrogen and oxygen atoms in total. The van der Waals surface area contributed by atoms with E-state index in [1.54, 1.807) is 0 Å². The molecule has 1 aromatic rings. The normalized spacial score (nSPS) is 32.7. The standard InChI is InChI=1S/C16H22BrNO/c17-14-2-1-3-15(9-14)19-7-6-16(11-18)10-12-4-5-13(16)8-12/h1-3,9,12-13H,4-8,10-11,18H2. The van der Waals surface area contributed by atoms with Crippen LogP contribution in [0.25, 0.3) is 0 Å². The summed E-state index contributed by atoms with van der Waals surface area (Å²) < 4.78 is 6.97. The Hall–Kier alpha value is -0.540. The monoisotopic (exact) mass is 323 g/mol. The van der Waals surface area contributed by atoms with Crippen LogP contribution in [0, 0.1) is 17.3 Å². The molecule has 2 aliphatic rings. The van der Waals surface area contributed by atoms with Crippen molar-refractivity contribution in [2.24, 2.45) is 23.0 Å². The molecule has 19 heavy (non-hydrogen) atoms. The molecule has 0 amide bonds. The minimum atomic E-state index is 0.370. The maximum Gasteiger partial charge on any atom is 0.120 e. The van der Waals surface area contributed by atoms with E-state index in [4.69, 9.17) is 10.5 Å². The summed E-state index contributed by atoms with van der Waals surface area (Å²) in [6.07, 6.45) is 6.67. The van der Waals surface area contributed by atoms with Crippen LogP contribution in [-0.4, -0.2) is 13.2 Å². The van der Waals surface area contributed by atoms with Gasteiger partial charge in [0.2, 0.25) is 0 Å². The SMILES string of the molecule is NCC1(CCOc2cccc(Br)c2)CC2CCC1C2. The number of ether oxygens (including phenoxy) is 1. The number of halogens is 1. The topological polar surface area (TPSA) is 35.2 Å². The molecule has 0 heterocycles. The highest BCUT2D eigenvalue weighted by molar-refractivity contribution is 9.10. The van der Waals surface area contributed by atoms with Crippen LogP contribution in [0.5, 0.6) is 5.75 Å². The molecule has 2 bridgehead atoms. The molecule has 3 heteroatoms. The maximum atomic E-state index is 6.10. The van der Waals surface area contributed by atoms with Crippen molar-refractivity contribution in [2.45, 2.75) is 32.1 Å². The fourth-order valence-corrected chi connectivity index (χ4v) is 4.52. The van der Waals surface area contributed by atoms with Gasteiger partial charge in [0.25, 0.3) is 0 Å². The van der Waals surface area contributed by atoms with Crippen LogP contribution < -0.4 is 10.5 Å². The number of hydrogen-bond donors (Lipinski definition) is 1. The fourth-order valence-electron chi connectivity index (χ4n) is 4.15. The van der Waals surface area contributed by atoms with Crippen molar-refractivity contribution in [3.05, 3.63) is 28.7 Å². The van der Waals surface area contributed by atoms with Gasteiger partial charge in [0, 0.05) is 4.47 Å². The Morgan fingerprint density at radius 1 is 1.37 bits per heavy atom. The molecule has 2 fully saturated rings. The van der Waals surface area contributed by atoms with Crippen molar-refractivity contribution in [2.75, 3.05) is 13.2 Å². The van der Waals surface area contributed by atoms with E-state index < -0.39 is 0 Å². The molecule has 3 unspecified atom stereocenters. The molecular formula is C16H22BrNO. The van der Waals surface area contributed by atoms with Crippen molar-refractivity contribution >= 4 is 15.9 Å². The summed E-state index contributed by atoms with van der Waals surface area (Å²) in [5.74, 6) is 2.75. The first-order chi connectivity index (χ1) is 9.22. The van der Waals surface area contributed by atoms with Crippen LogP contribution in [0.1, 0.15) is 32.1 Å². The molecule has 3 atom stereocenters. The van der Waals surface area contributed by atoms with E-state index in [1.807, 2.05) is 24.3 Å². The largest absolute Gasteiger partial charge is 0.494 e. The van der Waals surface area contributed by atoms with Crippen LogP contribution in [-0.2, 0) is 0 Å². The van der Waals surface area contributed by atoms with Crippen molar-refractivity contribution in [3.63, 3.8) is 0 Å². The van der Waals surface area contributed by atoms with Gasteiger partial charge < -0.3 is 10.5 Å². The second-order valence-corrected chi connectivity index (χ2v) is 7.12. The van der Waals surface area contributed by atoms with E-state index in [1.165, 1.54) is 25.7 Å². The molecule has 104 valence electrons. The van der Waals surface area contributed by atoms with Gasteiger partial charge in [-0.05, 0) is 67.7 Å². The van der Waals surface area contributed by atoms with Gasteiger partial charge in [-0.25, -0.2) is 0 Å². The van der Waals surface area contributed by atoms with Crippen molar-refractivity contribution in [3.8, 4) is 5.75 Å². The second kappa shape index (κ2) is 5.45. The van der Waals surface area contributed by atoms with Gasteiger partial charge in [0.05, 0.1) is 6.61 Å². The highest BCUT2D eigenvalue weighted by atomic mass is 79.9. The summed E-state index contributed by atoms with van der Waals surface area (Å²) in [5, 5.41) is 0. The Kier molecular flexibility index (Phi) is 3.86. The van der Waals surface area contributed by atoms with Crippen LogP contribution in [0.15, 0.2) is 28.7 Å². The van der Waals surface area contributed by atoms with Crippen molar-refractivity contribution in [1.29, 1.82) is 0 Å². The average molecular weight is 324 g/mol. The summed E-state index contributed by atoms with van der Waals surface area (Å²) in [6, 6.07) is 8.07. The highest BCUT2D eigenvalue weighted by Gasteiger charge is 2.49. The summed E-state index contributed by atoms with van der Waals surface area (Å²) in [4.78, 5) is 0. The molecule has 0 radical (unpaired) electrons. The molecule has 0 saturated heterocycles. The summed E-state index contributed by atoms with van der Waals surface area (Å²) >= 11 is 3.47. The van der Waals surface area contributed by atoms with Gasteiger partial charge in [0.1, 0.15) is 5.75 Å². The van der Waals surface area contributed by atoms with E-state index in [-0.39, 0.29) is 0 Å². The summed E-state index contributed by atoms with van der Waals surface area (Å²) in [6.45, 7) is 1.62. The molecule has 2 N–H and O–H groups in total. The Morgan fingerprint density at radius 3 is 2.89 bits per heavy atom. The molecule has 0 aliphatic heterocycles. The van der Waals surface area contributed by atoms with Crippen molar-refractivity contribution in [1.82, 2.24) is 0 Å². The van der Waals surface area contributed by atoms with Crippen LogP contribution in [0.3, 0.4) is 0 Å². The molecule has 0 spiro atoms. The van der Waals surface area contributed by atoms with Gasteiger partial charge in [-0.2, -0.15) is 0 Å². The third-order valence-electron chi connectivity index (χ3n) is 5.17. The number of fused-ring (bicyclic) bond motifs is 2. The van der Waals surface area contributed by atoms with Gasteiger partial charge in [-0.1, -0.05) is 28.4 Å². The maximum absolute atomic E-state index is 6.10. The average Bonchev–Trinajstić information content (AvgIpc) is 3.00. The number of benzene rings is 1. The number of hydrogen-bond acceptors (Lipinski definition) is 2. The zero-order chi connectivity index (χ0) is 13.3. The molecule has 3 rings (SSSR count). The Balaban J connectivity index is 1.57. The Morgan fingerprint density at radius 2 is 2.26 bits per heavy atom. The lowest BCUT2D eigenvalue weighted by atomic mass is 9.71. The summed E-state index contributed by atoms with van der Waals surface area (Å²) in [7, 11) is 0. The van der Waals surface area contributed by atoms with E-state index in [0.29, 0.717) is 5.41 Å². The lowest BCUT2D eigenvalue weighted by molar-refractivity contribution is 0.125. The van der Waals surface area contributed by atoms with Gasteiger partial charge in [0.15, 0.2) is 0 Å². The molecular weight excluding hydrogens is 302 g/mol. The van der Waals surface area contributed by atoms with Crippen LogP contribution >= 0.6 is 15.9 Å². The third kappa shape index (κ3) is 2.68. The zero-order valence-corrected chi connectivity index (χ0v) is 12.9. The van der Waals surface area contributed by atoms with E-state index in [0.717, 1.165) is 41.6 Å². The first-order valence-corrected chi connectivity index (χ1v) is 8.09. The second-order valence-electron chi connectivity index (χ2n) is 6.20. The zero-order valence-electron chi connectivity index (χ0n) is 11.3. The predicted octanol–water partition coefficient (Wildman–Crippen LogP) is 3.98. The minimum absolute atomic E-state index is 0.370. The number of rotatable bonds is 5. The molecule has 0 aromatic heterocycles. The van der Waals surface area contributed by atoms with E-state index >= 15 is 0 Å². The molecule has 1 aromatic carbocycles. The van der Waals surface area contributed by atoms with E-state index in [9.17, 15) is 0 Å². The van der Waals surface area contributed by atoms with Crippen molar-refractivity contribution < 1.29 is 4.74 Å². The Labute approximate surface area is 123 Å². The molecule has 2 saturated carbocycles. The van der Waals surface area contributed by atoms with Crippen LogP contribution in [0.4, 0.5) is 0 Å². The minimum Gasteiger partial charge on any atom is -0.494 e. The number of nitrogens with two attached hydrogens (primary N) is 1. The first kappa shape index (κ1) is 13.4. The smallest absolute Gasteiger partial charge is 0.120 e. The van der Waals surface area contributed by atoms with Gasteiger partial charge >= 0.3 is 0 Å². The highest BCUT2D eigenvalue weighted by Crippen LogP contribution is 2.57.